The van der Waals surface area contributed by atoms with E-state index in [0.717, 1.165) is 12.0 Å². The number of hydrogen-bond acceptors (Lipinski definition) is 7. The molecule has 9 nitrogen and oxygen atoms in total. The number of halogens is 1. The lowest BCUT2D eigenvalue weighted by Gasteiger charge is -2.36. The van der Waals surface area contributed by atoms with E-state index >= 15 is 0 Å². The molecule has 4 aromatic rings. The lowest BCUT2D eigenvalue weighted by atomic mass is 9.92. The van der Waals surface area contributed by atoms with Crippen molar-refractivity contribution in [2.24, 2.45) is 0 Å². The van der Waals surface area contributed by atoms with Crippen LogP contribution in [0.5, 0.6) is 11.6 Å². The lowest BCUT2D eigenvalue weighted by molar-refractivity contribution is -0.120. The van der Waals surface area contributed by atoms with Gasteiger partial charge in [0.05, 0.1) is 39.6 Å². The van der Waals surface area contributed by atoms with Gasteiger partial charge < -0.3 is 25.1 Å². The highest BCUT2D eigenvalue weighted by atomic mass is 35.5. The number of rotatable bonds is 5. The monoisotopic (exact) mass is 517 g/mol. The fraction of sp³-hybridized carbons (Fsp3) is 0.259. The second kappa shape index (κ2) is 8.86. The molecule has 188 valence electrons. The first-order chi connectivity index (χ1) is 17.9. The molecule has 3 N–H and O–H groups in total. The van der Waals surface area contributed by atoms with E-state index < -0.39 is 5.54 Å². The van der Waals surface area contributed by atoms with Gasteiger partial charge >= 0.3 is 0 Å². The Hall–Kier alpha value is -3.95. The summed E-state index contributed by atoms with van der Waals surface area (Å²) in [6.07, 6.45) is 6.78. The van der Waals surface area contributed by atoms with Gasteiger partial charge in [-0.2, -0.15) is 0 Å². The number of benzene rings is 1. The van der Waals surface area contributed by atoms with Crippen molar-refractivity contribution in [1.29, 1.82) is 0 Å². The Labute approximate surface area is 217 Å². The summed E-state index contributed by atoms with van der Waals surface area (Å²) in [4.78, 5) is 38.4. The van der Waals surface area contributed by atoms with Crippen LogP contribution in [0.1, 0.15) is 40.7 Å². The van der Waals surface area contributed by atoms with E-state index in [0.29, 0.717) is 58.0 Å². The van der Waals surface area contributed by atoms with Crippen molar-refractivity contribution in [2.45, 2.75) is 37.8 Å². The standard InChI is InChI=1S/C27H24ClN5O4/c1-14-6-8-29-21(9-14)37-15-3-4-17(19(28)10-15)24(34)18-12-30-25-22(18)23-20(13-31-25)32-26(35)27(33-23)7-5-16(11-27)36-2/h3-4,6,8-10,12-13,16,33H,5,7,11H2,1-2H3,(H,30,31)(H,32,35). The first kappa shape index (κ1) is 23.4. The Morgan fingerprint density at radius 1 is 1.19 bits per heavy atom. The SMILES string of the molecule is COC1CCC2(C1)Nc1c(cnc3[nH]cc(C(=O)c4ccc(Oc5cc(C)ccn5)cc4Cl)c13)NC2=O. The Bertz CT molecular complexity index is 1570. The van der Waals surface area contributed by atoms with Crippen LogP contribution in [0.15, 0.2) is 48.9 Å². The topological polar surface area (TPSA) is 118 Å². The Kier molecular flexibility index (Phi) is 5.62. The summed E-state index contributed by atoms with van der Waals surface area (Å²) in [6, 6.07) is 8.60. The van der Waals surface area contributed by atoms with Gasteiger partial charge in [-0.05, 0) is 43.5 Å². The largest absolute Gasteiger partial charge is 0.439 e. The van der Waals surface area contributed by atoms with Gasteiger partial charge in [-0.3, -0.25) is 9.59 Å². The summed E-state index contributed by atoms with van der Waals surface area (Å²) >= 11 is 6.55. The van der Waals surface area contributed by atoms with Gasteiger partial charge in [-0.1, -0.05) is 11.6 Å². The molecule has 1 aliphatic carbocycles. The zero-order valence-electron chi connectivity index (χ0n) is 20.2. The molecule has 37 heavy (non-hydrogen) atoms. The average Bonchev–Trinajstić information content (AvgIpc) is 3.50. The second-order valence-corrected chi connectivity index (χ2v) is 9.89. The molecule has 0 saturated heterocycles. The molecule has 1 spiro atoms. The van der Waals surface area contributed by atoms with Crippen LogP contribution < -0.4 is 15.4 Å². The molecule has 2 atom stereocenters. The van der Waals surface area contributed by atoms with Crippen molar-refractivity contribution in [3.63, 3.8) is 0 Å². The third kappa shape index (κ3) is 4.00. The minimum atomic E-state index is -0.806. The number of hydrogen-bond donors (Lipinski definition) is 3. The molecule has 2 aliphatic rings. The number of nitrogens with one attached hydrogen (secondary N) is 3. The number of carbonyl (C=O) groups excluding carboxylic acids is 2. The highest BCUT2D eigenvalue weighted by Crippen LogP contribution is 2.44. The van der Waals surface area contributed by atoms with Gasteiger partial charge in [-0.25, -0.2) is 9.97 Å². The van der Waals surface area contributed by atoms with Gasteiger partial charge in [0.2, 0.25) is 11.8 Å². The maximum atomic E-state index is 13.7. The zero-order valence-corrected chi connectivity index (χ0v) is 21.0. The predicted octanol–water partition coefficient (Wildman–Crippen LogP) is 5.24. The number of amides is 1. The minimum absolute atomic E-state index is 0.0148. The quantitative estimate of drug-likeness (QED) is 0.309. The van der Waals surface area contributed by atoms with Crippen LogP contribution in [0, 0.1) is 6.92 Å². The first-order valence-corrected chi connectivity index (χ1v) is 12.3. The number of methoxy groups -OCH3 is 1. The molecule has 1 amide bonds. The summed E-state index contributed by atoms with van der Waals surface area (Å²) in [5, 5.41) is 7.28. The van der Waals surface area contributed by atoms with E-state index in [1.165, 1.54) is 0 Å². The van der Waals surface area contributed by atoms with Crippen molar-refractivity contribution in [3.05, 3.63) is 70.6 Å². The summed E-state index contributed by atoms with van der Waals surface area (Å²) in [5.41, 5.74) is 2.64. The number of anilines is 2. The van der Waals surface area contributed by atoms with Gasteiger partial charge in [0, 0.05) is 43.6 Å². The normalized spacial score (nSPS) is 20.5. The number of nitrogens with zero attached hydrogens (tertiary/aromatic N) is 2. The van der Waals surface area contributed by atoms with E-state index in [1.807, 2.05) is 19.1 Å². The van der Waals surface area contributed by atoms with Crippen molar-refractivity contribution in [2.75, 3.05) is 17.7 Å². The average molecular weight is 518 g/mol. The molecular weight excluding hydrogens is 494 g/mol. The molecule has 1 aliphatic heterocycles. The molecule has 1 saturated carbocycles. The highest BCUT2D eigenvalue weighted by Gasteiger charge is 2.48. The number of ketones is 1. The first-order valence-electron chi connectivity index (χ1n) is 11.9. The summed E-state index contributed by atoms with van der Waals surface area (Å²) in [7, 11) is 1.65. The number of pyridine rings is 2. The zero-order chi connectivity index (χ0) is 25.7. The predicted molar refractivity (Wildman–Crippen MR) is 140 cm³/mol. The molecule has 0 radical (unpaired) electrons. The van der Waals surface area contributed by atoms with Crippen molar-refractivity contribution >= 4 is 45.7 Å². The highest BCUT2D eigenvalue weighted by molar-refractivity contribution is 6.36. The van der Waals surface area contributed by atoms with E-state index in [4.69, 9.17) is 21.1 Å². The van der Waals surface area contributed by atoms with Crippen molar-refractivity contribution in [1.82, 2.24) is 15.0 Å². The summed E-state index contributed by atoms with van der Waals surface area (Å²) in [5.74, 6) is 0.512. The van der Waals surface area contributed by atoms with E-state index in [9.17, 15) is 9.59 Å². The number of ether oxygens (including phenoxy) is 2. The lowest BCUT2D eigenvalue weighted by Crippen LogP contribution is -2.51. The third-order valence-corrected chi connectivity index (χ3v) is 7.41. The fourth-order valence-corrected chi connectivity index (χ4v) is 5.39. The van der Waals surface area contributed by atoms with Crippen LogP contribution in [0.25, 0.3) is 11.0 Å². The minimum Gasteiger partial charge on any atom is -0.439 e. The molecule has 2 unspecified atom stereocenters. The fourth-order valence-electron chi connectivity index (χ4n) is 5.13. The van der Waals surface area contributed by atoms with E-state index in [1.54, 1.807) is 43.9 Å². The van der Waals surface area contributed by atoms with Crippen LogP contribution >= 0.6 is 11.6 Å². The summed E-state index contributed by atoms with van der Waals surface area (Å²) in [6.45, 7) is 1.95. The number of aromatic amines is 1. The maximum Gasteiger partial charge on any atom is 0.250 e. The Morgan fingerprint density at radius 2 is 2.05 bits per heavy atom. The molecule has 3 aromatic heterocycles. The number of aryl methyl sites for hydroxylation is 1. The molecule has 4 heterocycles. The Balaban J connectivity index is 1.35. The second-order valence-electron chi connectivity index (χ2n) is 9.48. The summed E-state index contributed by atoms with van der Waals surface area (Å²) < 4.78 is 11.3. The number of H-pyrrole nitrogens is 1. The third-order valence-electron chi connectivity index (χ3n) is 7.09. The van der Waals surface area contributed by atoms with Gasteiger partial charge in [0.25, 0.3) is 0 Å². The molecule has 10 heteroatoms. The van der Waals surface area contributed by atoms with Crippen molar-refractivity contribution < 1.29 is 19.1 Å². The molecule has 6 rings (SSSR count). The van der Waals surface area contributed by atoms with Gasteiger partial charge in [0.1, 0.15) is 16.9 Å². The Morgan fingerprint density at radius 3 is 2.81 bits per heavy atom. The van der Waals surface area contributed by atoms with Gasteiger partial charge in [0.15, 0.2) is 5.78 Å². The number of fused-ring (bicyclic) bond motifs is 3. The van der Waals surface area contributed by atoms with Crippen LogP contribution in [-0.4, -0.2) is 45.4 Å². The molecule has 1 fully saturated rings. The number of carbonyl (C=O) groups is 2. The van der Waals surface area contributed by atoms with E-state index in [2.05, 4.69) is 25.6 Å². The smallest absolute Gasteiger partial charge is 0.250 e. The van der Waals surface area contributed by atoms with Crippen LogP contribution in [-0.2, 0) is 9.53 Å². The van der Waals surface area contributed by atoms with Crippen LogP contribution in [0.4, 0.5) is 11.4 Å². The molecular formula is C27H24ClN5O4. The number of aromatic nitrogens is 3. The molecule has 1 aromatic carbocycles. The van der Waals surface area contributed by atoms with Gasteiger partial charge in [-0.15, -0.1) is 0 Å². The van der Waals surface area contributed by atoms with E-state index in [-0.39, 0.29) is 22.8 Å². The maximum absolute atomic E-state index is 13.7. The molecule has 0 bridgehead atoms. The van der Waals surface area contributed by atoms with Crippen LogP contribution in [0.2, 0.25) is 5.02 Å². The van der Waals surface area contributed by atoms with Crippen LogP contribution in [0.3, 0.4) is 0 Å². The van der Waals surface area contributed by atoms with Crippen molar-refractivity contribution in [3.8, 4) is 11.6 Å².